The topological polar surface area (TPSA) is 202 Å². The van der Waals surface area contributed by atoms with Gasteiger partial charge in [0.2, 0.25) is 11.6 Å². The number of H-pyrrole nitrogens is 1. The minimum Gasteiger partial charge on any atom is -0.361 e. The van der Waals surface area contributed by atoms with Crippen molar-refractivity contribution in [1.82, 2.24) is 58.6 Å². The van der Waals surface area contributed by atoms with E-state index in [0.29, 0.717) is 48.0 Å². The number of aromatic nitrogens is 12. The number of amides is 2. The van der Waals surface area contributed by atoms with Gasteiger partial charge in [-0.1, -0.05) is 165 Å². The van der Waals surface area contributed by atoms with Crippen LogP contribution in [0.4, 0.5) is 11.6 Å². The number of aryl methyl sites for hydroxylation is 2. The molecule has 0 radical (unpaired) electrons. The first kappa shape index (κ1) is 65.1. The lowest BCUT2D eigenvalue weighted by Crippen LogP contribution is -2.22. The second kappa shape index (κ2) is 28.4. The fourth-order valence-corrected chi connectivity index (χ4v) is 12.1. The van der Waals surface area contributed by atoms with Gasteiger partial charge in [-0.15, -0.1) is 0 Å². The van der Waals surface area contributed by atoms with E-state index >= 15 is 0 Å². The van der Waals surface area contributed by atoms with Gasteiger partial charge in [-0.25, -0.2) is 34.3 Å². The Morgan fingerprint density at radius 1 is 0.528 bits per heavy atom. The third kappa shape index (κ3) is 16.3. The Morgan fingerprint density at radius 2 is 0.944 bits per heavy atom. The summed E-state index contributed by atoms with van der Waals surface area (Å²) in [5.41, 5.74) is 13.7. The number of pyridine rings is 3. The molecule has 2 amide bonds. The second-order valence-corrected chi connectivity index (χ2v) is 37.3. The minimum absolute atomic E-state index is 0.225. The summed E-state index contributed by atoms with van der Waals surface area (Å²) in [5.74, 6) is 1.92. The molecule has 0 aliphatic heterocycles. The van der Waals surface area contributed by atoms with Gasteiger partial charge in [0.15, 0.2) is 0 Å². The van der Waals surface area contributed by atoms with Crippen LogP contribution in [-0.4, -0.2) is 99.8 Å². The zero-order valence-electron chi connectivity index (χ0n) is 53.7. The number of hydrogen-bond acceptors (Lipinski definition) is 11. The number of ether oxygens (including phenoxy) is 2. The van der Waals surface area contributed by atoms with Gasteiger partial charge in [0, 0.05) is 113 Å². The van der Waals surface area contributed by atoms with E-state index in [1.54, 1.807) is 26.5 Å². The highest BCUT2D eigenvalue weighted by Gasteiger charge is 2.22. The zero-order valence-corrected chi connectivity index (χ0v) is 56.4. The Hall–Kier alpha value is -8.41. The van der Waals surface area contributed by atoms with Crippen molar-refractivity contribution < 1.29 is 19.1 Å². The number of nitrogens with zero attached hydrogens (tertiary/aromatic N) is 11. The highest BCUT2D eigenvalue weighted by atomic mass is 35.5. The molecule has 0 aliphatic carbocycles. The van der Waals surface area contributed by atoms with Gasteiger partial charge in [0.1, 0.15) is 42.9 Å². The van der Waals surface area contributed by atoms with Gasteiger partial charge >= 0.3 is 0 Å². The predicted octanol–water partition coefficient (Wildman–Crippen LogP) is 16.0. The molecule has 0 spiro atoms. The van der Waals surface area contributed by atoms with E-state index in [2.05, 4.69) is 226 Å². The Morgan fingerprint density at radius 3 is 1.39 bits per heavy atom. The fraction of sp³-hybridized carbons (Fsp3) is 0.338. The summed E-state index contributed by atoms with van der Waals surface area (Å²) in [6.45, 7) is 29.9. The minimum atomic E-state index is -1.20. The fourth-order valence-electron chi connectivity index (χ4n) is 10.4. The summed E-state index contributed by atoms with van der Waals surface area (Å²) < 4.78 is 19.6. The summed E-state index contributed by atoms with van der Waals surface area (Å²) in [5, 5.41) is 17.1. The van der Waals surface area contributed by atoms with Gasteiger partial charge < -0.3 is 34.2 Å². The molecule has 0 saturated carbocycles. The standard InChI is InChI=1S/C26H34N6O2Si.C22H29ClN2OSi.C20H20N6O/c1-18(2)20-9-7-8-10-21(20)23-13-19-15-27-24(30-26(33)25-28-16-29-31(25)3)14-22(19)32(23)17-34-11-12-35(4,5)6;1-16(2)18-8-6-7-9-19(18)21-12-17-14-24-22(23)13-20(17)25(21)15-26-10-11-27(3,4)5;1-12(2)14-6-4-5-7-15(14)17-8-13-10-21-18(9-16(13)24-17)25-20(27)19-22-11-23-26(19)3/h7-10,13-16,18H,11-12,17H2,1-6H3,(H,27,30,33);6-9,12-14,16H,10-11,15H2,1-5H3;4-12,24H,1-3H3,(H,21,25,27). The normalized spacial score (nSPS) is 11.8. The van der Waals surface area contributed by atoms with Crippen molar-refractivity contribution >= 4 is 83.9 Å². The first-order valence-corrected chi connectivity index (χ1v) is 38.1. The molecular formula is C68H83ClN14O4Si2. The molecule has 11 rings (SSSR count). The van der Waals surface area contributed by atoms with Crippen LogP contribution in [0.25, 0.3) is 66.5 Å². The van der Waals surface area contributed by atoms with E-state index in [1.807, 2.05) is 30.5 Å². The van der Waals surface area contributed by atoms with Crippen LogP contribution in [0.3, 0.4) is 0 Å². The van der Waals surface area contributed by atoms with Gasteiger partial charge in [-0.05, 0) is 70.8 Å². The Balaban J connectivity index is 0.000000161. The molecule has 0 saturated heterocycles. The number of aromatic amines is 1. The molecule has 18 nitrogen and oxygen atoms in total. The van der Waals surface area contributed by atoms with Gasteiger partial charge in [0.05, 0.1) is 27.9 Å². The first-order chi connectivity index (χ1) is 42.4. The van der Waals surface area contributed by atoms with Crippen molar-refractivity contribution in [3.05, 3.63) is 174 Å². The van der Waals surface area contributed by atoms with Gasteiger partial charge in [-0.3, -0.25) is 9.59 Å². The molecule has 8 aromatic heterocycles. The molecule has 464 valence electrons. The lowest BCUT2D eigenvalue weighted by Gasteiger charge is -2.18. The Bertz CT molecular complexity index is 4240. The van der Waals surface area contributed by atoms with E-state index < -0.39 is 16.1 Å². The number of nitrogens with one attached hydrogen (secondary N) is 3. The highest BCUT2D eigenvalue weighted by molar-refractivity contribution is 6.76. The average Bonchev–Trinajstić information content (AvgIpc) is 1.86. The molecular weight excluding hydrogens is 1170 g/mol. The lowest BCUT2D eigenvalue weighted by atomic mass is 9.95. The number of carbonyl (C=O) groups excluding carboxylic acids is 2. The maximum atomic E-state index is 12.7. The maximum Gasteiger partial charge on any atom is 0.294 e. The summed E-state index contributed by atoms with van der Waals surface area (Å²) in [6.07, 6.45) is 8.08. The van der Waals surface area contributed by atoms with Crippen molar-refractivity contribution in [2.45, 2.75) is 124 Å². The molecule has 0 unspecified atom stereocenters. The van der Waals surface area contributed by atoms with Crippen LogP contribution in [-0.2, 0) is 37.0 Å². The van der Waals surface area contributed by atoms with Crippen LogP contribution in [0, 0.1) is 0 Å². The monoisotopic (exact) mass is 1250 g/mol. The van der Waals surface area contributed by atoms with Gasteiger partial charge in [0.25, 0.3) is 11.8 Å². The maximum absolute atomic E-state index is 12.7. The quantitative estimate of drug-likeness (QED) is 0.0372. The number of carbonyl (C=O) groups is 2. The zero-order chi connectivity index (χ0) is 63.7. The largest absolute Gasteiger partial charge is 0.361 e. The van der Waals surface area contributed by atoms with Gasteiger partial charge in [-0.2, -0.15) is 10.2 Å². The number of fused-ring (bicyclic) bond motifs is 3. The van der Waals surface area contributed by atoms with E-state index in [1.165, 1.54) is 55.4 Å². The lowest BCUT2D eigenvalue weighted by molar-refractivity contribution is 0.0911. The van der Waals surface area contributed by atoms with Crippen LogP contribution in [0.1, 0.15) is 97.2 Å². The first-order valence-electron chi connectivity index (χ1n) is 30.3. The summed E-state index contributed by atoms with van der Waals surface area (Å²) in [7, 11) is 1.04. The van der Waals surface area contributed by atoms with Crippen molar-refractivity contribution in [2.24, 2.45) is 14.1 Å². The number of rotatable bonds is 20. The third-order valence-corrected chi connectivity index (χ3v) is 19.0. The Labute approximate surface area is 528 Å². The van der Waals surface area contributed by atoms with Crippen molar-refractivity contribution in [2.75, 3.05) is 23.8 Å². The molecule has 8 heterocycles. The summed E-state index contributed by atoms with van der Waals surface area (Å²) in [4.78, 5) is 49.5. The number of hydrogen-bond donors (Lipinski definition) is 3. The van der Waals surface area contributed by atoms with Crippen molar-refractivity contribution in [3.8, 4) is 33.8 Å². The number of anilines is 2. The molecule has 11 aromatic rings. The molecule has 3 N–H and O–H groups in total. The number of halogens is 1. The summed E-state index contributed by atoms with van der Waals surface area (Å²) >= 11 is 6.19. The van der Waals surface area contributed by atoms with E-state index in [4.69, 9.17) is 21.1 Å². The molecule has 0 atom stereocenters. The molecule has 0 aliphatic rings. The molecule has 89 heavy (non-hydrogen) atoms. The smallest absolute Gasteiger partial charge is 0.294 e. The average molecular weight is 1250 g/mol. The van der Waals surface area contributed by atoms with Crippen molar-refractivity contribution in [3.63, 3.8) is 0 Å². The van der Waals surface area contributed by atoms with E-state index in [0.717, 1.165) is 75.1 Å². The second-order valence-electron chi connectivity index (χ2n) is 25.7. The molecule has 3 aromatic carbocycles. The predicted molar refractivity (Wildman–Crippen MR) is 365 cm³/mol. The SMILES string of the molecule is CC(C)c1ccccc1-c1cc2cnc(Cl)cc2n1COCC[Si](C)(C)C.CC(C)c1ccccc1-c1cc2cnc(NC(=O)c3ncnn3C)cc2[nH]1.CC(C)c1ccccc1-c1cc2cnc(NC(=O)c3ncnn3C)cc2n1COCC[Si](C)(C)C. The Kier molecular flexibility index (Phi) is 20.8. The van der Waals surface area contributed by atoms with Crippen LogP contribution in [0.15, 0.2) is 140 Å². The highest BCUT2D eigenvalue weighted by Crippen LogP contribution is 2.37. The van der Waals surface area contributed by atoms with Crippen LogP contribution in [0.2, 0.25) is 56.5 Å². The van der Waals surface area contributed by atoms with E-state index in [9.17, 15) is 9.59 Å². The van der Waals surface area contributed by atoms with Crippen LogP contribution >= 0.6 is 11.6 Å². The van der Waals surface area contributed by atoms with E-state index in [-0.39, 0.29) is 23.5 Å². The molecule has 0 fully saturated rings. The van der Waals surface area contributed by atoms with Crippen LogP contribution in [0.5, 0.6) is 0 Å². The number of benzene rings is 3. The summed E-state index contributed by atoms with van der Waals surface area (Å²) in [6, 6.07) is 39.8. The molecule has 0 bridgehead atoms. The van der Waals surface area contributed by atoms with Crippen molar-refractivity contribution in [1.29, 1.82) is 0 Å². The third-order valence-electron chi connectivity index (χ3n) is 15.4. The molecule has 21 heteroatoms. The van der Waals surface area contributed by atoms with Crippen LogP contribution < -0.4 is 10.6 Å².